The van der Waals surface area contributed by atoms with Gasteiger partial charge in [0.1, 0.15) is 11.9 Å². The van der Waals surface area contributed by atoms with Gasteiger partial charge in [-0.1, -0.05) is 12.1 Å². The minimum absolute atomic E-state index is 0.139. The summed E-state index contributed by atoms with van der Waals surface area (Å²) in [5.74, 6) is -0.942. The predicted molar refractivity (Wildman–Crippen MR) is 105 cm³/mol. The third kappa shape index (κ3) is 6.77. The highest BCUT2D eigenvalue weighted by atomic mass is 16.5. The van der Waals surface area contributed by atoms with Crippen LogP contribution >= 0.6 is 0 Å². The van der Waals surface area contributed by atoms with Crippen LogP contribution in [0.4, 0.5) is 0 Å². The molecule has 0 saturated carbocycles. The van der Waals surface area contributed by atoms with Gasteiger partial charge in [0.25, 0.3) is 5.56 Å². The maximum atomic E-state index is 12.1. The van der Waals surface area contributed by atoms with Crippen molar-refractivity contribution in [2.24, 2.45) is 0 Å². The van der Waals surface area contributed by atoms with Crippen molar-refractivity contribution in [1.82, 2.24) is 15.3 Å². The fraction of sp³-hybridized carbons (Fsp3) is 0.500. The summed E-state index contributed by atoms with van der Waals surface area (Å²) < 4.78 is 5.52. The molecular formula is C20H27N3O5. The van der Waals surface area contributed by atoms with Crippen LogP contribution in [0.5, 0.6) is 0 Å². The van der Waals surface area contributed by atoms with Gasteiger partial charge in [0, 0.05) is 25.9 Å². The molecule has 0 fully saturated rings. The number of fused-ring (bicyclic) bond motifs is 1. The average Bonchev–Trinajstić information content (AvgIpc) is 2.60. The Balaban J connectivity index is 1.84. The summed E-state index contributed by atoms with van der Waals surface area (Å²) in [4.78, 5) is 42.5. The van der Waals surface area contributed by atoms with Gasteiger partial charge in [-0.05, 0) is 39.3 Å². The topological polar surface area (TPSA) is 121 Å². The molecule has 1 aromatic heterocycles. The number of H-pyrrole nitrogens is 1. The minimum Gasteiger partial charge on any atom is -0.480 e. The van der Waals surface area contributed by atoms with Crippen molar-refractivity contribution in [1.29, 1.82) is 0 Å². The van der Waals surface area contributed by atoms with Gasteiger partial charge in [-0.15, -0.1) is 0 Å². The standard InChI is InChI=1S/C20H27N3O5/c1-20(2,3)28-12-11-15(19(26)27)22-17(24)10-6-9-16-21-14-8-5-4-7-13(14)18(25)23-16/h4-5,7-8,15H,6,9-12H2,1-3H3,(H,22,24)(H,26,27)(H,21,23,25). The number of carboxylic acids is 1. The molecule has 8 nitrogen and oxygen atoms in total. The monoisotopic (exact) mass is 389 g/mol. The van der Waals surface area contributed by atoms with Gasteiger partial charge in [-0.2, -0.15) is 0 Å². The highest BCUT2D eigenvalue weighted by Gasteiger charge is 2.21. The van der Waals surface area contributed by atoms with Crippen LogP contribution in [0.2, 0.25) is 0 Å². The first kappa shape index (κ1) is 21.6. The largest absolute Gasteiger partial charge is 0.480 e. The summed E-state index contributed by atoms with van der Waals surface area (Å²) >= 11 is 0. The number of carbonyl (C=O) groups is 2. The van der Waals surface area contributed by atoms with E-state index in [1.807, 2.05) is 20.8 Å². The van der Waals surface area contributed by atoms with Crippen LogP contribution in [0, 0.1) is 0 Å². The Labute approximate surface area is 163 Å². The average molecular weight is 389 g/mol. The first-order chi connectivity index (χ1) is 13.2. The number of benzene rings is 1. The zero-order chi connectivity index (χ0) is 20.7. The zero-order valence-corrected chi connectivity index (χ0v) is 16.4. The van der Waals surface area contributed by atoms with Gasteiger partial charge in [-0.3, -0.25) is 9.59 Å². The lowest BCUT2D eigenvalue weighted by Gasteiger charge is -2.21. The Morgan fingerprint density at radius 3 is 2.68 bits per heavy atom. The normalized spacial score (nSPS) is 12.7. The van der Waals surface area contributed by atoms with Crippen molar-refractivity contribution in [3.8, 4) is 0 Å². The molecule has 0 radical (unpaired) electrons. The summed E-state index contributed by atoms with van der Waals surface area (Å²) in [7, 11) is 0. The number of aliphatic carboxylic acids is 1. The Bertz CT molecular complexity index is 885. The molecular weight excluding hydrogens is 362 g/mol. The van der Waals surface area contributed by atoms with E-state index in [0.29, 0.717) is 29.6 Å². The lowest BCUT2D eigenvalue weighted by atomic mass is 10.1. The third-order valence-electron chi connectivity index (χ3n) is 4.05. The van der Waals surface area contributed by atoms with E-state index >= 15 is 0 Å². The number of hydrogen-bond acceptors (Lipinski definition) is 5. The fourth-order valence-electron chi connectivity index (χ4n) is 2.68. The van der Waals surface area contributed by atoms with Crippen molar-refractivity contribution in [2.75, 3.05) is 6.61 Å². The number of aromatic nitrogens is 2. The minimum atomic E-state index is -1.09. The molecule has 3 N–H and O–H groups in total. The van der Waals surface area contributed by atoms with Crippen LogP contribution in [0.1, 0.15) is 45.9 Å². The number of rotatable bonds is 9. The molecule has 152 valence electrons. The predicted octanol–water partition coefficient (Wildman–Crippen LogP) is 2.02. The first-order valence-electron chi connectivity index (χ1n) is 9.30. The van der Waals surface area contributed by atoms with Crippen LogP contribution < -0.4 is 10.9 Å². The smallest absolute Gasteiger partial charge is 0.326 e. The summed E-state index contributed by atoms with van der Waals surface area (Å²) in [5, 5.41) is 12.3. The van der Waals surface area contributed by atoms with E-state index in [0.717, 1.165) is 0 Å². The second kappa shape index (κ2) is 9.45. The molecule has 1 atom stereocenters. The second-order valence-corrected chi connectivity index (χ2v) is 7.59. The van der Waals surface area contributed by atoms with E-state index in [-0.39, 0.29) is 36.5 Å². The number of carboxylic acid groups (broad SMARTS) is 1. The number of ether oxygens (including phenoxy) is 1. The lowest BCUT2D eigenvalue weighted by molar-refractivity contribution is -0.142. The molecule has 28 heavy (non-hydrogen) atoms. The van der Waals surface area contributed by atoms with Crippen molar-refractivity contribution < 1.29 is 19.4 Å². The van der Waals surface area contributed by atoms with Crippen LogP contribution in [0.3, 0.4) is 0 Å². The van der Waals surface area contributed by atoms with E-state index in [1.54, 1.807) is 24.3 Å². The van der Waals surface area contributed by atoms with Crippen LogP contribution in [0.25, 0.3) is 10.9 Å². The molecule has 1 heterocycles. The third-order valence-corrected chi connectivity index (χ3v) is 4.05. The number of amides is 1. The molecule has 2 aromatic rings. The van der Waals surface area contributed by atoms with E-state index in [1.165, 1.54) is 0 Å². The summed E-state index contributed by atoms with van der Waals surface area (Å²) in [6, 6.07) is 6.05. The number of aryl methyl sites for hydroxylation is 1. The molecule has 0 bridgehead atoms. The summed E-state index contributed by atoms with van der Waals surface area (Å²) in [6.45, 7) is 5.88. The van der Waals surface area contributed by atoms with Gasteiger partial charge >= 0.3 is 5.97 Å². The number of carbonyl (C=O) groups excluding carboxylic acids is 1. The zero-order valence-electron chi connectivity index (χ0n) is 16.4. The molecule has 0 saturated heterocycles. The molecule has 8 heteroatoms. The molecule has 0 spiro atoms. The van der Waals surface area contributed by atoms with Gasteiger partial charge < -0.3 is 20.1 Å². The number of para-hydroxylation sites is 1. The number of hydrogen-bond donors (Lipinski definition) is 3. The Kier molecular flexibility index (Phi) is 7.28. The molecule has 0 aliphatic carbocycles. The van der Waals surface area contributed by atoms with Crippen molar-refractivity contribution in [3.05, 3.63) is 40.4 Å². The fourth-order valence-corrected chi connectivity index (χ4v) is 2.68. The van der Waals surface area contributed by atoms with E-state index < -0.39 is 12.0 Å². The van der Waals surface area contributed by atoms with Gasteiger partial charge in [-0.25, -0.2) is 9.78 Å². The Morgan fingerprint density at radius 1 is 1.29 bits per heavy atom. The van der Waals surface area contributed by atoms with E-state index in [2.05, 4.69) is 15.3 Å². The summed E-state index contributed by atoms with van der Waals surface area (Å²) in [6.07, 6.45) is 1.19. The molecule has 1 aromatic carbocycles. The SMILES string of the molecule is CC(C)(C)OCCC(NC(=O)CCCc1nc2ccccc2c(=O)[nH]1)C(=O)O. The Morgan fingerprint density at radius 2 is 2.00 bits per heavy atom. The molecule has 2 rings (SSSR count). The molecule has 1 unspecified atom stereocenters. The molecule has 1 amide bonds. The maximum Gasteiger partial charge on any atom is 0.326 e. The van der Waals surface area contributed by atoms with Gasteiger partial charge in [0.15, 0.2) is 0 Å². The van der Waals surface area contributed by atoms with E-state index in [9.17, 15) is 19.5 Å². The number of aromatic amines is 1. The lowest BCUT2D eigenvalue weighted by Crippen LogP contribution is -2.42. The second-order valence-electron chi connectivity index (χ2n) is 7.59. The number of nitrogens with one attached hydrogen (secondary N) is 2. The maximum absolute atomic E-state index is 12.1. The van der Waals surface area contributed by atoms with Crippen LogP contribution in [-0.4, -0.2) is 45.2 Å². The van der Waals surface area contributed by atoms with Gasteiger partial charge in [0.2, 0.25) is 5.91 Å². The van der Waals surface area contributed by atoms with Crippen molar-refractivity contribution in [2.45, 2.75) is 58.1 Å². The first-order valence-corrected chi connectivity index (χ1v) is 9.30. The van der Waals surface area contributed by atoms with Crippen LogP contribution in [0.15, 0.2) is 29.1 Å². The quantitative estimate of drug-likeness (QED) is 0.603. The van der Waals surface area contributed by atoms with Crippen molar-refractivity contribution >= 4 is 22.8 Å². The molecule has 0 aliphatic rings. The summed E-state index contributed by atoms with van der Waals surface area (Å²) in [5.41, 5.74) is 0.0296. The highest BCUT2D eigenvalue weighted by molar-refractivity contribution is 5.83. The highest BCUT2D eigenvalue weighted by Crippen LogP contribution is 2.09. The van der Waals surface area contributed by atoms with E-state index in [4.69, 9.17) is 4.74 Å². The van der Waals surface area contributed by atoms with Crippen molar-refractivity contribution in [3.63, 3.8) is 0 Å². The Hall–Kier alpha value is -2.74. The van der Waals surface area contributed by atoms with Gasteiger partial charge in [0.05, 0.1) is 16.5 Å². The van der Waals surface area contributed by atoms with Crippen LogP contribution in [-0.2, 0) is 20.7 Å². The number of nitrogens with zero attached hydrogens (tertiary/aromatic N) is 1. The molecule has 0 aliphatic heterocycles.